The number of aryl methyl sites for hydroxylation is 1. The van der Waals surface area contributed by atoms with Crippen molar-refractivity contribution in [2.75, 3.05) is 10.2 Å². The minimum atomic E-state index is -0.0998. The van der Waals surface area contributed by atoms with Crippen molar-refractivity contribution in [1.29, 1.82) is 0 Å². The van der Waals surface area contributed by atoms with Crippen LogP contribution in [-0.4, -0.2) is 17.9 Å². The summed E-state index contributed by atoms with van der Waals surface area (Å²) in [4.78, 5) is 25.8. The highest BCUT2D eigenvalue weighted by molar-refractivity contribution is 5.96. The van der Waals surface area contributed by atoms with Crippen LogP contribution in [0.25, 0.3) is 0 Å². The zero-order chi connectivity index (χ0) is 17.1. The molecule has 0 aliphatic heterocycles. The van der Waals surface area contributed by atoms with Crippen LogP contribution in [0.4, 0.5) is 11.4 Å². The van der Waals surface area contributed by atoms with Gasteiger partial charge in [-0.15, -0.1) is 0 Å². The monoisotopic (exact) mass is 322 g/mol. The topological polar surface area (TPSA) is 49.4 Å². The number of hydrogen-bond donors (Lipinski definition) is 1. The molecule has 0 aromatic heterocycles. The van der Waals surface area contributed by atoms with Gasteiger partial charge >= 0.3 is 0 Å². The second-order valence-corrected chi connectivity index (χ2v) is 6.39. The van der Waals surface area contributed by atoms with Crippen LogP contribution in [0.5, 0.6) is 0 Å². The average molecular weight is 322 g/mol. The lowest BCUT2D eigenvalue weighted by Gasteiger charge is -2.23. The van der Waals surface area contributed by atoms with Gasteiger partial charge in [0.15, 0.2) is 0 Å². The highest BCUT2D eigenvalue weighted by Gasteiger charge is 2.33. The van der Waals surface area contributed by atoms with Gasteiger partial charge in [0.05, 0.1) is 6.42 Å². The zero-order valence-corrected chi connectivity index (χ0v) is 14.1. The van der Waals surface area contributed by atoms with E-state index in [1.807, 2.05) is 60.4 Å². The van der Waals surface area contributed by atoms with Gasteiger partial charge < -0.3 is 10.2 Å². The van der Waals surface area contributed by atoms with Crippen molar-refractivity contribution in [3.8, 4) is 0 Å². The van der Waals surface area contributed by atoms with E-state index in [-0.39, 0.29) is 11.8 Å². The molecule has 2 aromatic rings. The molecule has 3 rings (SSSR count). The first-order valence-electron chi connectivity index (χ1n) is 8.28. The summed E-state index contributed by atoms with van der Waals surface area (Å²) in [5, 5.41) is 2.75. The molecule has 1 N–H and O–H groups in total. The Balaban J connectivity index is 1.75. The first-order valence-corrected chi connectivity index (χ1v) is 8.28. The maximum absolute atomic E-state index is 12.8. The summed E-state index contributed by atoms with van der Waals surface area (Å²) >= 11 is 0. The van der Waals surface area contributed by atoms with Gasteiger partial charge in [-0.1, -0.05) is 29.8 Å². The molecule has 0 spiro atoms. The van der Waals surface area contributed by atoms with Gasteiger partial charge in [-0.3, -0.25) is 9.59 Å². The lowest BCUT2D eigenvalue weighted by molar-refractivity contribution is -0.118. The number of amides is 2. The highest BCUT2D eigenvalue weighted by atomic mass is 16.2. The fraction of sp³-hybridized carbons (Fsp3) is 0.300. The van der Waals surface area contributed by atoms with Gasteiger partial charge in [-0.25, -0.2) is 0 Å². The van der Waals surface area contributed by atoms with Crippen LogP contribution in [0.1, 0.15) is 30.9 Å². The van der Waals surface area contributed by atoms with E-state index in [4.69, 9.17) is 0 Å². The van der Waals surface area contributed by atoms with Gasteiger partial charge in [0.2, 0.25) is 11.8 Å². The minimum Gasteiger partial charge on any atom is -0.326 e. The molecule has 4 nitrogen and oxygen atoms in total. The molecule has 0 saturated heterocycles. The smallest absolute Gasteiger partial charge is 0.231 e. The molecular weight excluding hydrogens is 300 g/mol. The number of hydrogen-bond acceptors (Lipinski definition) is 2. The largest absolute Gasteiger partial charge is 0.326 e. The van der Waals surface area contributed by atoms with Gasteiger partial charge in [0, 0.05) is 24.3 Å². The van der Waals surface area contributed by atoms with E-state index in [1.54, 1.807) is 0 Å². The van der Waals surface area contributed by atoms with E-state index in [1.165, 1.54) is 12.5 Å². The number of carbonyl (C=O) groups is 2. The number of carbonyl (C=O) groups excluding carboxylic acids is 2. The van der Waals surface area contributed by atoms with Gasteiger partial charge in [0.1, 0.15) is 0 Å². The maximum atomic E-state index is 12.8. The summed E-state index contributed by atoms with van der Waals surface area (Å²) in [7, 11) is 0. The maximum Gasteiger partial charge on any atom is 0.231 e. The van der Waals surface area contributed by atoms with Crippen LogP contribution in [-0.2, 0) is 16.0 Å². The van der Waals surface area contributed by atoms with E-state index in [2.05, 4.69) is 5.32 Å². The predicted molar refractivity (Wildman–Crippen MR) is 96.1 cm³/mol. The van der Waals surface area contributed by atoms with E-state index < -0.39 is 0 Å². The van der Waals surface area contributed by atoms with Crippen molar-refractivity contribution < 1.29 is 9.59 Å². The highest BCUT2D eigenvalue weighted by Crippen LogP contribution is 2.33. The Hall–Kier alpha value is -2.62. The van der Waals surface area contributed by atoms with E-state index in [0.717, 1.165) is 29.8 Å². The van der Waals surface area contributed by atoms with Crippen LogP contribution < -0.4 is 10.2 Å². The number of nitrogens with zero attached hydrogens (tertiary/aromatic N) is 1. The molecular formula is C20H22N2O2. The molecule has 0 radical (unpaired) electrons. The molecule has 1 saturated carbocycles. The molecule has 0 heterocycles. The average Bonchev–Trinajstić information content (AvgIpc) is 3.36. The van der Waals surface area contributed by atoms with Gasteiger partial charge in [-0.2, -0.15) is 0 Å². The summed E-state index contributed by atoms with van der Waals surface area (Å²) in [6.45, 7) is 3.52. The van der Waals surface area contributed by atoms with Crippen molar-refractivity contribution >= 4 is 23.2 Å². The molecule has 124 valence electrons. The Kier molecular flexibility index (Phi) is 4.65. The van der Waals surface area contributed by atoms with Crippen molar-refractivity contribution in [2.24, 2.45) is 0 Å². The third-order valence-corrected chi connectivity index (χ3v) is 4.12. The quantitative estimate of drug-likeness (QED) is 0.912. The molecule has 1 fully saturated rings. The summed E-state index contributed by atoms with van der Waals surface area (Å²) < 4.78 is 0. The summed E-state index contributed by atoms with van der Waals surface area (Å²) in [6.07, 6.45) is 2.50. The minimum absolute atomic E-state index is 0.0998. The Bertz CT molecular complexity index is 731. The number of anilines is 2. The SMILES string of the molecule is CC(=O)Nc1ccc(N(C(=O)Cc2ccc(C)cc2)C2CC2)cc1. The van der Waals surface area contributed by atoms with Crippen LogP contribution in [0, 0.1) is 6.92 Å². The van der Waals surface area contributed by atoms with E-state index >= 15 is 0 Å². The lowest BCUT2D eigenvalue weighted by atomic mass is 10.1. The number of benzene rings is 2. The Morgan fingerprint density at radius 1 is 1.04 bits per heavy atom. The third-order valence-electron chi connectivity index (χ3n) is 4.12. The molecule has 1 aliphatic rings. The Morgan fingerprint density at radius 2 is 1.67 bits per heavy atom. The zero-order valence-electron chi connectivity index (χ0n) is 14.1. The fourth-order valence-corrected chi connectivity index (χ4v) is 2.77. The van der Waals surface area contributed by atoms with Crippen LogP contribution in [0.15, 0.2) is 48.5 Å². The molecule has 0 bridgehead atoms. The van der Waals surface area contributed by atoms with Gasteiger partial charge in [-0.05, 0) is 49.6 Å². The van der Waals surface area contributed by atoms with E-state index in [0.29, 0.717) is 12.5 Å². The van der Waals surface area contributed by atoms with E-state index in [9.17, 15) is 9.59 Å². The van der Waals surface area contributed by atoms with Crippen molar-refractivity contribution in [3.63, 3.8) is 0 Å². The molecule has 4 heteroatoms. The van der Waals surface area contributed by atoms with Crippen LogP contribution in [0.3, 0.4) is 0 Å². The summed E-state index contributed by atoms with van der Waals surface area (Å²) in [6, 6.07) is 15.9. The van der Waals surface area contributed by atoms with Crippen LogP contribution in [0.2, 0.25) is 0 Å². The molecule has 2 aromatic carbocycles. The number of nitrogens with one attached hydrogen (secondary N) is 1. The predicted octanol–water partition coefficient (Wildman–Crippen LogP) is 3.69. The second kappa shape index (κ2) is 6.87. The normalized spacial score (nSPS) is 13.4. The van der Waals surface area contributed by atoms with Crippen LogP contribution >= 0.6 is 0 Å². The second-order valence-electron chi connectivity index (χ2n) is 6.39. The lowest BCUT2D eigenvalue weighted by Crippen LogP contribution is -2.34. The molecule has 2 amide bonds. The molecule has 0 unspecified atom stereocenters. The molecule has 24 heavy (non-hydrogen) atoms. The fourth-order valence-electron chi connectivity index (χ4n) is 2.77. The standard InChI is InChI=1S/C20H22N2O2/c1-14-3-5-16(6-4-14)13-20(24)22(19-11-12-19)18-9-7-17(8-10-18)21-15(2)23/h3-10,19H,11-13H2,1-2H3,(H,21,23). The molecule has 0 atom stereocenters. The molecule has 1 aliphatic carbocycles. The van der Waals surface area contributed by atoms with Crippen molar-refractivity contribution in [3.05, 3.63) is 59.7 Å². The van der Waals surface area contributed by atoms with Crippen molar-refractivity contribution in [2.45, 2.75) is 39.2 Å². The number of rotatable bonds is 5. The first kappa shape index (κ1) is 16.2. The Labute approximate surface area is 142 Å². The third kappa shape index (κ3) is 4.02. The summed E-state index contributed by atoms with van der Waals surface area (Å²) in [5.41, 5.74) is 3.86. The van der Waals surface area contributed by atoms with Gasteiger partial charge in [0.25, 0.3) is 0 Å². The first-order chi connectivity index (χ1) is 11.5. The summed E-state index contributed by atoms with van der Waals surface area (Å²) in [5.74, 6) is 0.0193. The Morgan fingerprint density at radius 3 is 2.21 bits per heavy atom. The van der Waals surface area contributed by atoms with Crippen molar-refractivity contribution in [1.82, 2.24) is 0 Å².